The first-order chi connectivity index (χ1) is 17.6. The van der Waals surface area contributed by atoms with Gasteiger partial charge in [-0.3, -0.25) is 9.59 Å². The van der Waals surface area contributed by atoms with Crippen molar-refractivity contribution in [3.05, 3.63) is 70.5 Å². The smallest absolute Gasteiger partial charge is 0.324 e. The summed E-state index contributed by atoms with van der Waals surface area (Å²) in [6.07, 6.45) is 0.0984. The molecule has 0 radical (unpaired) electrons. The first kappa shape index (κ1) is 28.2. The lowest BCUT2D eigenvalue weighted by Gasteiger charge is -2.34. The Bertz CT molecular complexity index is 1320. The summed E-state index contributed by atoms with van der Waals surface area (Å²) < 4.78 is 44.1. The number of nitrogens with one attached hydrogen (secondary N) is 1. The summed E-state index contributed by atoms with van der Waals surface area (Å²) in [6.45, 7) is 7.19. The highest BCUT2D eigenvalue weighted by Crippen LogP contribution is 2.44. The molecule has 0 saturated carbocycles. The van der Waals surface area contributed by atoms with Gasteiger partial charge in [0.15, 0.2) is 5.41 Å². The van der Waals surface area contributed by atoms with E-state index < -0.39 is 27.4 Å². The van der Waals surface area contributed by atoms with Gasteiger partial charge in [-0.1, -0.05) is 23.8 Å². The average Bonchev–Trinajstić information content (AvgIpc) is 2.87. The molecular formula is C28H33NO7S. The van der Waals surface area contributed by atoms with Crippen molar-refractivity contribution in [1.82, 2.24) is 4.72 Å². The topological polar surface area (TPSA) is 108 Å². The molecule has 0 aromatic heterocycles. The number of esters is 2. The maximum absolute atomic E-state index is 13.2. The minimum Gasteiger partial charge on any atom is -0.497 e. The van der Waals surface area contributed by atoms with Crippen LogP contribution in [-0.2, 0) is 35.5 Å². The van der Waals surface area contributed by atoms with E-state index >= 15 is 0 Å². The highest BCUT2D eigenvalue weighted by molar-refractivity contribution is 7.89. The number of hydrogen-bond donors (Lipinski definition) is 1. The average molecular weight is 528 g/mol. The van der Waals surface area contributed by atoms with Crippen molar-refractivity contribution in [2.45, 2.75) is 45.4 Å². The molecule has 0 spiro atoms. The molecule has 8 nitrogen and oxygen atoms in total. The van der Waals surface area contributed by atoms with E-state index in [1.807, 2.05) is 13.0 Å². The van der Waals surface area contributed by atoms with E-state index in [1.54, 1.807) is 64.3 Å². The third kappa shape index (κ3) is 6.31. The molecule has 0 unspecified atom stereocenters. The number of carbonyl (C=O) groups is 2. The van der Waals surface area contributed by atoms with Crippen LogP contribution in [0.1, 0.15) is 43.9 Å². The Kier molecular flexibility index (Phi) is 8.97. The van der Waals surface area contributed by atoms with Gasteiger partial charge in [0.2, 0.25) is 10.0 Å². The lowest BCUT2D eigenvalue weighted by molar-refractivity contribution is -0.172. The van der Waals surface area contributed by atoms with Gasteiger partial charge in [-0.05, 0) is 68.7 Å². The van der Waals surface area contributed by atoms with Gasteiger partial charge in [0.1, 0.15) is 5.75 Å². The van der Waals surface area contributed by atoms with Crippen molar-refractivity contribution in [1.29, 1.82) is 0 Å². The fourth-order valence-corrected chi connectivity index (χ4v) is 5.30. The summed E-state index contributed by atoms with van der Waals surface area (Å²) in [5, 5.41) is 0. The van der Waals surface area contributed by atoms with Gasteiger partial charge in [0.05, 0.1) is 25.2 Å². The van der Waals surface area contributed by atoms with Gasteiger partial charge in [-0.15, -0.1) is 5.73 Å². The van der Waals surface area contributed by atoms with Crippen molar-refractivity contribution in [3.8, 4) is 5.75 Å². The molecule has 37 heavy (non-hydrogen) atoms. The molecule has 0 bridgehead atoms. The SMILES string of the molecule is CCOC(=O)C1(C(=O)OCC)CC(=C=C(C)CNS(=O)(=O)c2ccc(C)cc2)c2cc(OC)ccc2C1. The summed E-state index contributed by atoms with van der Waals surface area (Å²) in [6, 6.07) is 11.9. The van der Waals surface area contributed by atoms with Crippen molar-refractivity contribution in [3.63, 3.8) is 0 Å². The Labute approximate surface area is 218 Å². The first-order valence-electron chi connectivity index (χ1n) is 12.1. The van der Waals surface area contributed by atoms with Gasteiger partial charge >= 0.3 is 11.9 Å². The van der Waals surface area contributed by atoms with Crippen LogP contribution in [0.2, 0.25) is 0 Å². The highest BCUT2D eigenvalue weighted by Gasteiger charge is 2.52. The van der Waals surface area contributed by atoms with Crippen molar-refractivity contribution in [2.75, 3.05) is 26.9 Å². The predicted molar refractivity (Wildman–Crippen MR) is 139 cm³/mol. The molecule has 0 amide bonds. The van der Waals surface area contributed by atoms with E-state index in [0.717, 1.165) is 16.7 Å². The van der Waals surface area contributed by atoms with Crippen molar-refractivity contribution in [2.24, 2.45) is 5.41 Å². The maximum atomic E-state index is 13.2. The molecule has 0 heterocycles. The van der Waals surface area contributed by atoms with Crippen LogP contribution in [0.5, 0.6) is 5.75 Å². The van der Waals surface area contributed by atoms with Crippen LogP contribution >= 0.6 is 0 Å². The molecule has 0 aliphatic heterocycles. The first-order valence-corrected chi connectivity index (χ1v) is 13.6. The molecule has 2 aromatic carbocycles. The second-order valence-corrected chi connectivity index (χ2v) is 10.7. The quantitative estimate of drug-likeness (QED) is 0.299. The number of sulfonamides is 1. The monoisotopic (exact) mass is 527 g/mol. The predicted octanol–water partition coefficient (Wildman–Crippen LogP) is 3.97. The Morgan fingerprint density at radius 2 is 1.62 bits per heavy atom. The zero-order valence-electron chi connectivity index (χ0n) is 21.8. The number of carbonyl (C=O) groups excluding carboxylic acids is 2. The summed E-state index contributed by atoms with van der Waals surface area (Å²) in [5.41, 5.74) is 5.27. The van der Waals surface area contributed by atoms with Gasteiger partial charge in [-0.25, -0.2) is 13.1 Å². The maximum Gasteiger partial charge on any atom is 0.324 e. The summed E-state index contributed by atoms with van der Waals surface area (Å²) in [7, 11) is -2.18. The van der Waals surface area contributed by atoms with Gasteiger partial charge in [-0.2, -0.15) is 0 Å². The zero-order chi connectivity index (χ0) is 27.2. The molecule has 198 valence electrons. The molecule has 1 aliphatic rings. The zero-order valence-corrected chi connectivity index (χ0v) is 22.7. The largest absolute Gasteiger partial charge is 0.497 e. The number of methoxy groups -OCH3 is 1. The van der Waals surface area contributed by atoms with Crippen LogP contribution < -0.4 is 9.46 Å². The molecule has 9 heteroatoms. The number of ether oxygens (including phenoxy) is 3. The number of rotatable bonds is 9. The van der Waals surface area contributed by atoms with E-state index in [1.165, 1.54) is 0 Å². The fraction of sp³-hybridized carbons (Fsp3) is 0.393. The van der Waals surface area contributed by atoms with E-state index in [9.17, 15) is 18.0 Å². The highest BCUT2D eigenvalue weighted by atomic mass is 32.2. The Hall–Kier alpha value is -3.39. The second kappa shape index (κ2) is 11.8. The minimum absolute atomic E-state index is 0.00706. The Balaban J connectivity index is 2.06. The van der Waals surface area contributed by atoms with Crippen LogP contribution in [0.4, 0.5) is 0 Å². The van der Waals surface area contributed by atoms with Crippen molar-refractivity contribution >= 4 is 27.5 Å². The number of benzene rings is 2. The fourth-order valence-electron chi connectivity index (χ4n) is 4.23. The standard InChI is InChI=1S/C28H33NO7S/c1-6-35-26(30)28(27(31)36-7-2)16-21-10-11-23(34-5)15-25(21)22(17-28)14-20(4)18-29-37(32,33)24-12-8-19(3)9-13-24/h8-13,15,29H,6-7,16-18H2,1-5H3. The molecule has 1 aliphatic carbocycles. The van der Waals surface area contributed by atoms with Gasteiger partial charge in [0.25, 0.3) is 0 Å². The molecule has 2 aromatic rings. The van der Waals surface area contributed by atoms with Crippen molar-refractivity contribution < 1.29 is 32.2 Å². The van der Waals surface area contributed by atoms with Crippen LogP contribution in [0.15, 0.2) is 58.7 Å². The number of fused-ring (bicyclic) bond motifs is 1. The van der Waals surface area contributed by atoms with E-state index in [2.05, 4.69) is 10.5 Å². The minimum atomic E-state index is -3.74. The lowest BCUT2D eigenvalue weighted by atomic mass is 9.69. The normalized spacial score (nSPS) is 14.2. The Morgan fingerprint density at radius 3 is 2.19 bits per heavy atom. The molecule has 0 fully saturated rings. The number of aryl methyl sites for hydroxylation is 1. The molecular weight excluding hydrogens is 494 g/mol. The lowest BCUT2D eigenvalue weighted by Crippen LogP contribution is -2.46. The van der Waals surface area contributed by atoms with E-state index in [0.29, 0.717) is 16.9 Å². The molecule has 0 atom stereocenters. The third-order valence-corrected chi connectivity index (χ3v) is 7.59. The van der Waals surface area contributed by atoms with E-state index in [-0.39, 0.29) is 37.5 Å². The van der Waals surface area contributed by atoms with Crippen LogP contribution in [0, 0.1) is 12.3 Å². The summed E-state index contributed by atoms with van der Waals surface area (Å²) in [5.74, 6) is -0.713. The van der Waals surface area contributed by atoms with E-state index in [4.69, 9.17) is 14.2 Å². The van der Waals surface area contributed by atoms with Crippen LogP contribution in [0.25, 0.3) is 5.57 Å². The summed E-state index contributed by atoms with van der Waals surface area (Å²) in [4.78, 5) is 26.5. The van der Waals surface area contributed by atoms with Gasteiger partial charge < -0.3 is 14.2 Å². The third-order valence-electron chi connectivity index (χ3n) is 6.17. The molecule has 1 N–H and O–H groups in total. The molecule has 3 rings (SSSR count). The van der Waals surface area contributed by atoms with Gasteiger partial charge in [0, 0.05) is 25.0 Å². The van der Waals surface area contributed by atoms with Crippen LogP contribution in [0.3, 0.4) is 0 Å². The Morgan fingerprint density at radius 1 is 1.00 bits per heavy atom. The summed E-state index contributed by atoms with van der Waals surface area (Å²) >= 11 is 0. The number of hydrogen-bond acceptors (Lipinski definition) is 7. The second-order valence-electron chi connectivity index (χ2n) is 8.92. The van der Waals surface area contributed by atoms with Crippen LogP contribution in [-0.4, -0.2) is 47.2 Å². The molecule has 0 saturated heterocycles.